The van der Waals surface area contributed by atoms with Crippen LogP contribution < -0.4 is 11.5 Å². The van der Waals surface area contributed by atoms with Crippen molar-refractivity contribution in [3.8, 4) is 0 Å². The molecule has 0 spiro atoms. The Balaban J connectivity index is 2.69. The lowest BCUT2D eigenvalue weighted by molar-refractivity contribution is 0.100. The van der Waals surface area contributed by atoms with E-state index in [0.717, 1.165) is 0 Å². The maximum Gasteiger partial charge on any atom is 0.419 e. The first-order valence-electron chi connectivity index (χ1n) is 4.46. The number of rotatable bonds is 2. The fourth-order valence-electron chi connectivity index (χ4n) is 1.42. The predicted molar refractivity (Wildman–Crippen MR) is 54.8 cm³/mol. The molecule has 0 fully saturated rings. The number of carbonyl (C=O) groups is 1. The smallest absolute Gasteiger partial charge is 0.408 e. The summed E-state index contributed by atoms with van der Waals surface area (Å²) in [5.74, 6) is -0.604. The van der Waals surface area contributed by atoms with Crippen LogP contribution in [0.25, 0.3) is 11.1 Å². The molecule has 78 valence electrons. The molecule has 0 atom stereocenters. The van der Waals surface area contributed by atoms with Crippen LogP contribution in [-0.4, -0.2) is 16.9 Å². The number of aryl methyl sites for hydroxylation is 1. The van der Waals surface area contributed by atoms with Gasteiger partial charge in [-0.2, -0.15) is 0 Å². The molecule has 0 saturated heterocycles. The maximum atomic E-state index is 11.3. The fraction of sp³-hybridized carbons (Fsp3) is 0.200. The molecule has 0 unspecified atom stereocenters. The Morgan fingerprint density at radius 1 is 1.53 bits per heavy atom. The zero-order valence-corrected chi connectivity index (χ0v) is 8.19. The molecule has 1 aromatic heterocycles. The summed E-state index contributed by atoms with van der Waals surface area (Å²) in [5.41, 5.74) is 6.80. The van der Waals surface area contributed by atoms with E-state index >= 15 is 0 Å². The van der Waals surface area contributed by atoms with Crippen molar-refractivity contribution in [2.75, 3.05) is 6.54 Å². The molecular weight excluding hydrogens is 196 g/mol. The van der Waals surface area contributed by atoms with Crippen LogP contribution in [0.3, 0.4) is 0 Å². The molecule has 1 heterocycles. The minimum absolute atomic E-state index is 0.0443. The van der Waals surface area contributed by atoms with Crippen molar-refractivity contribution in [1.82, 2.24) is 4.57 Å². The predicted octanol–water partition coefficient (Wildman–Crippen LogP) is 0.273. The number of hydrogen-bond donors (Lipinski definition) is 1. The highest BCUT2D eigenvalue weighted by Gasteiger charge is 2.09. The lowest BCUT2D eigenvalue weighted by Crippen LogP contribution is -2.13. The van der Waals surface area contributed by atoms with Crippen molar-refractivity contribution in [3.63, 3.8) is 0 Å². The first-order chi connectivity index (χ1) is 7.13. The van der Waals surface area contributed by atoms with Crippen LogP contribution in [0, 0.1) is 0 Å². The number of carbonyl (C=O) groups excluding carboxylic acids is 1. The van der Waals surface area contributed by atoms with Gasteiger partial charge in [-0.3, -0.25) is 9.36 Å². The Labute approximate surface area is 85.1 Å². The van der Waals surface area contributed by atoms with Gasteiger partial charge in [-0.15, -0.1) is 0 Å². The van der Waals surface area contributed by atoms with Crippen molar-refractivity contribution in [3.05, 3.63) is 34.3 Å². The molecule has 1 aromatic carbocycles. The van der Waals surface area contributed by atoms with Crippen LogP contribution in [0.1, 0.15) is 10.4 Å². The summed E-state index contributed by atoms with van der Waals surface area (Å²) in [4.78, 5) is 22.5. The normalized spacial score (nSPS) is 10.8. The van der Waals surface area contributed by atoms with Gasteiger partial charge in [-0.05, 0) is 18.2 Å². The minimum atomic E-state index is -0.442. The molecule has 0 amide bonds. The number of hydrogen-bond acceptors (Lipinski definition) is 4. The second kappa shape index (κ2) is 3.36. The topological polar surface area (TPSA) is 78.2 Å². The second-order valence-electron chi connectivity index (χ2n) is 3.24. The highest BCUT2D eigenvalue weighted by Crippen LogP contribution is 2.14. The van der Waals surface area contributed by atoms with Crippen molar-refractivity contribution in [2.45, 2.75) is 0 Å². The van der Waals surface area contributed by atoms with Gasteiger partial charge in [0.1, 0.15) is 0 Å². The quantitative estimate of drug-likeness (QED) is 0.715. The molecular formula is C10H10N2O3. The SMILES string of the molecule is Cn1c(=O)oc2ccc(C(=O)CN)cc21. The van der Waals surface area contributed by atoms with E-state index in [1.807, 2.05) is 0 Å². The molecule has 5 nitrogen and oxygen atoms in total. The van der Waals surface area contributed by atoms with Crippen LogP contribution in [0.2, 0.25) is 0 Å². The fourth-order valence-corrected chi connectivity index (χ4v) is 1.42. The monoisotopic (exact) mass is 206 g/mol. The van der Waals surface area contributed by atoms with Gasteiger partial charge in [-0.1, -0.05) is 0 Å². The number of nitrogens with two attached hydrogens (primary N) is 1. The van der Waals surface area contributed by atoms with E-state index in [9.17, 15) is 9.59 Å². The number of Topliss-reactive ketones (excluding diaryl/α,β-unsaturated/α-hetero) is 1. The second-order valence-corrected chi connectivity index (χ2v) is 3.24. The summed E-state index contributed by atoms with van der Waals surface area (Å²) in [6.07, 6.45) is 0. The molecule has 0 aliphatic heterocycles. The average molecular weight is 206 g/mol. The third kappa shape index (κ3) is 1.46. The molecule has 2 aromatic rings. The standard InChI is InChI=1S/C10H10N2O3/c1-12-7-4-6(8(13)5-11)2-3-9(7)15-10(12)14/h2-4H,5,11H2,1H3. The molecule has 0 radical (unpaired) electrons. The summed E-state index contributed by atoms with van der Waals surface area (Å²) in [7, 11) is 1.59. The zero-order valence-electron chi connectivity index (χ0n) is 8.19. The molecule has 0 aliphatic rings. The molecule has 5 heteroatoms. The molecule has 0 aliphatic carbocycles. The largest absolute Gasteiger partial charge is 0.419 e. The van der Waals surface area contributed by atoms with Gasteiger partial charge < -0.3 is 10.2 Å². The molecule has 2 rings (SSSR count). The Bertz CT molecular complexity index is 580. The van der Waals surface area contributed by atoms with Gasteiger partial charge in [0.2, 0.25) is 0 Å². The number of aromatic nitrogens is 1. The Morgan fingerprint density at radius 2 is 2.27 bits per heavy atom. The van der Waals surface area contributed by atoms with Gasteiger partial charge >= 0.3 is 5.76 Å². The van der Waals surface area contributed by atoms with Crippen LogP contribution in [0.15, 0.2) is 27.4 Å². The Morgan fingerprint density at radius 3 is 2.93 bits per heavy atom. The van der Waals surface area contributed by atoms with E-state index < -0.39 is 5.76 Å². The van der Waals surface area contributed by atoms with Crippen molar-refractivity contribution < 1.29 is 9.21 Å². The number of ketones is 1. The van der Waals surface area contributed by atoms with Crippen molar-refractivity contribution in [2.24, 2.45) is 12.8 Å². The lowest BCUT2D eigenvalue weighted by Gasteiger charge is -1.97. The van der Waals surface area contributed by atoms with Crippen molar-refractivity contribution >= 4 is 16.9 Å². The van der Waals surface area contributed by atoms with E-state index in [-0.39, 0.29) is 12.3 Å². The lowest BCUT2D eigenvalue weighted by atomic mass is 10.1. The summed E-state index contributed by atoms with van der Waals surface area (Å²) >= 11 is 0. The number of nitrogens with zero attached hydrogens (tertiary/aromatic N) is 1. The van der Waals surface area contributed by atoms with Gasteiger partial charge in [0.25, 0.3) is 0 Å². The summed E-state index contributed by atoms with van der Waals surface area (Å²) in [6.45, 7) is -0.0443. The first-order valence-corrected chi connectivity index (χ1v) is 4.46. The summed E-state index contributed by atoms with van der Waals surface area (Å²) < 4.78 is 6.28. The maximum absolute atomic E-state index is 11.3. The van der Waals surface area contributed by atoms with Gasteiger partial charge in [0.15, 0.2) is 11.4 Å². The van der Waals surface area contributed by atoms with Gasteiger partial charge in [-0.25, -0.2) is 4.79 Å². The number of fused-ring (bicyclic) bond motifs is 1. The molecule has 0 bridgehead atoms. The highest BCUT2D eigenvalue weighted by atomic mass is 16.4. The summed E-state index contributed by atoms with van der Waals surface area (Å²) in [6, 6.07) is 4.80. The van der Waals surface area contributed by atoms with Crippen LogP contribution in [0.4, 0.5) is 0 Å². The van der Waals surface area contributed by atoms with Crippen LogP contribution in [-0.2, 0) is 7.05 Å². The van der Waals surface area contributed by atoms with Crippen LogP contribution in [0.5, 0.6) is 0 Å². The minimum Gasteiger partial charge on any atom is -0.408 e. The number of oxazole rings is 1. The molecule has 2 N–H and O–H groups in total. The Hall–Kier alpha value is -1.88. The number of benzene rings is 1. The van der Waals surface area contributed by atoms with E-state index in [1.165, 1.54) is 4.57 Å². The van der Waals surface area contributed by atoms with E-state index in [1.54, 1.807) is 25.2 Å². The molecule has 15 heavy (non-hydrogen) atoms. The molecule has 0 saturated carbocycles. The average Bonchev–Trinajstić information content (AvgIpc) is 2.54. The third-order valence-corrected chi connectivity index (χ3v) is 2.30. The van der Waals surface area contributed by atoms with E-state index in [4.69, 9.17) is 10.2 Å². The first kappa shape index (κ1) is 9.67. The zero-order chi connectivity index (χ0) is 11.0. The third-order valence-electron chi connectivity index (χ3n) is 2.30. The Kier molecular flexibility index (Phi) is 2.17. The van der Waals surface area contributed by atoms with E-state index in [0.29, 0.717) is 16.7 Å². The van der Waals surface area contributed by atoms with E-state index in [2.05, 4.69) is 0 Å². The highest BCUT2D eigenvalue weighted by molar-refractivity contribution is 5.99. The van der Waals surface area contributed by atoms with Crippen LogP contribution >= 0.6 is 0 Å². The summed E-state index contributed by atoms with van der Waals surface area (Å²) in [5, 5.41) is 0. The van der Waals surface area contributed by atoms with Gasteiger partial charge in [0, 0.05) is 12.6 Å². The van der Waals surface area contributed by atoms with Gasteiger partial charge in [0.05, 0.1) is 12.1 Å². The van der Waals surface area contributed by atoms with Crippen molar-refractivity contribution in [1.29, 1.82) is 0 Å².